The molecule has 0 aliphatic carbocycles. The van der Waals surface area contributed by atoms with Gasteiger partial charge in [0.25, 0.3) is 0 Å². The van der Waals surface area contributed by atoms with Gasteiger partial charge in [-0.25, -0.2) is 0 Å². The fourth-order valence-corrected chi connectivity index (χ4v) is 0.291. The van der Waals surface area contributed by atoms with Gasteiger partial charge in [-0.3, -0.25) is 4.79 Å². The molecule has 0 amide bonds. The molecule has 1 aromatic heterocycles. The number of nitrogens with one attached hydrogen (secondary N) is 1. The lowest BCUT2D eigenvalue weighted by Crippen LogP contribution is -2.11. The number of rotatable bonds is 0. The summed E-state index contributed by atoms with van der Waals surface area (Å²) >= 11 is 0. The van der Waals surface area contributed by atoms with Crippen molar-refractivity contribution in [3.63, 3.8) is 0 Å². The second-order valence-electron chi connectivity index (χ2n) is 1.22. The molecular formula is C3H4N4O. The monoisotopic (exact) mass is 112 g/mol. The van der Waals surface area contributed by atoms with Gasteiger partial charge in [-0.2, -0.15) is 10.3 Å². The maximum absolute atomic E-state index is 10.3. The molecule has 3 N–H and O–H groups in total. The van der Waals surface area contributed by atoms with Crippen LogP contribution >= 0.6 is 0 Å². The van der Waals surface area contributed by atoms with Crippen molar-refractivity contribution in [2.24, 2.45) is 0 Å². The third-order valence-electron chi connectivity index (χ3n) is 0.662. The molecule has 8 heavy (non-hydrogen) atoms. The van der Waals surface area contributed by atoms with Gasteiger partial charge >= 0.3 is 0 Å². The smallest absolute Gasteiger partial charge is 0.242 e. The van der Waals surface area contributed by atoms with Crippen LogP contribution in [0.1, 0.15) is 0 Å². The third kappa shape index (κ3) is 0.651. The van der Waals surface area contributed by atoms with E-state index in [1.165, 1.54) is 0 Å². The van der Waals surface area contributed by atoms with Crippen LogP contribution in [0.2, 0.25) is 0 Å². The molecular weight excluding hydrogens is 108 g/mol. The van der Waals surface area contributed by atoms with Crippen LogP contribution in [0, 0.1) is 0 Å². The largest absolute Gasteiger partial charge is 0.379 e. The number of nitrogens with two attached hydrogens (primary N) is 1. The zero-order chi connectivity index (χ0) is 5.98. The lowest BCUT2D eigenvalue weighted by molar-refractivity contribution is 0.863. The Morgan fingerprint density at radius 2 is 2.50 bits per heavy atom. The van der Waals surface area contributed by atoms with Gasteiger partial charge in [0.15, 0.2) is 5.82 Å². The Kier molecular flexibility index (Phi) is 0.957. The molecule has 0 bridgehead atoms. The SMILES string of the molecule is Nc1n[nH]ncc1=O. The zero-order valence-electron chi connectivity index (χ0n) is 3.96. The van der Waals surface area contributed by atoms with E-state index in [9.17, 15) is 4.79 Å². The molecule has 0 aliphatic heterocycles. The first-order valence-electron chi connectivity index (χ1n) is 1.96. The summed E-state index contributed by atoms with van der Waals surface area (Å²) in [6, 6.07) is 0. The number of hydrogen-bond donors (Lipinski definition) is 2. The zero-order valence-corrected chi connectivity index (χ0v) is 3.96. The van der Waals surface area contributed by atoms with E-state index >= 15 is 0 Å². The van der Waals surface area contributed by atoms with E-state index in [1.807, 2.05) is 0 Å². The van der Waals surface area contributed by atoms with E-state index in [4.69, 9.17) is 5.73 Å². The highest BCUT2D eigenvalue weighted by molar-refractivity contribution is 5.21. The molecule has 0 aliphatic rings. The summed E-state index contributed by atoms with van der Waals surface area (Å²) in [7, 11) is 0. The highest BCUT2D eigenvalue weighted by Gasteiger charge is 1.88. The number of hydrogen-bond acceptors (Lipinski definition) is 4. The molecule has 42 valence electrons. The summed E-state index contributed by atoms with van der Waals surface area (Å²) in [4.78, 5) is 10.3. The molecule has 0 fully saturated rings. The van der Waals surface area contributed by atoms with E-state index in [-0.39, 0.29) is 11.2 Å². The molecule has 0 atom stereocenters. The van der Waals surface area contributed by atoms with Gasteiger partial charge in [0, 0.05) is 0 Å². The summed E-state index contributed by atoms with van der Waals surface area (Å²) in [5.41, 5.74) is 4.67. The minimum Gasteiger partial charge on any atom is -0.379 e. The van der Waals surface area contributed by atoms with Gasteiger partial charge in [-0.1, -0.05) is 0 Å². The van der Waals surface area contributed by atoms with Crippen LogP contribution in [-0.4, -0.2) is 15.4 Å². The summed E-state index contributed by atoms with van der Waals surface area (Å²) in [6.07, 6.45) is 1.07. The quantitative estimate of drug-likeness (QED) is 0.439. The van der Waals surface area contributed by atoms with E-state index in [0.717, 1.165) is 6.20 Å². The molecule has 0 unspecified atom stereocenters. The van der Waals surface area contributed by atoms with Crippen molar-refractivity contribution in [3.8, 4) is 0 Å². The van der Waals surface area contributed by atoms with Gasteiger partial charge in [0.2, 0.25) is 5.43 Å². The van der Waals surface area contributed by atoms with Gasteiger partial charge in [-0.15, -0.1) is 5.10 Å². The summed E-state index contributed by atoms with van der Waals surface area (Å²) in [6.45, 7) is 0. The third-order valence-corrected chi connectivity index (χ3v) is 0.662. The summed E-state index contributed by atoms with van der Waals surface area (Å²) in [5, 5.41) is 8.80. The van der Waals surface area contributed by atoms with E-state index < -0.39 is 0 Å². The standard InChI is InChI=1S/C3H4N4O/c4-3-2(8)1-5-7-6-3/h1H,(H,7,8)(H2,4,5,6). The number of aromatic amines is 1. The van der Waals surface area contributed by atoms with E-state index in [1.54, 1.807) is 0 Å². The molecule has 0 saturated carbocycles. The first kappa shape index (κ1) is 4.76. The number of anilines is 1. The van der Waals surface area contributed by atoms with Crippen molar-refractivity contribution in [3.05, 3.63) is 16.4 Å². The fourth-order valence-electron chi connectivity index (χ4n) is 0.291. The molecule has 0 radical (unpaired) electrons. The first-order chi connectivity index (χ1) is 3.80. The number of nitrogen functional groups attached to an aromatic ring is 1. The highest BCUT2D eigenvalue weighted by atomic mass is 16.1. The van der Waals surface area contributed by atoms with Crippen molar-refractivity contribution in [1.29, 1.82) is 0 Å². The van der Waals surface area contributed by atoms with Crippen molar-refractivity contribution in [1.82, 2.24) is 15.4 Å². The van der Waals surface area contributed by atoms with Crippen LogP contribution in [0.15, 0.2) is 11.0 Å². The number of H-pyrrole nitrogens is 1. The highest BCUT2D eigenvalue weighted by Crippen LogP contribution is 1.71. The molecule has 5 heteroatoms. The number of nitrogens with zero attached hydrogens (tertiary/aromatic N) is 2. The van der Waals surface area contributed by atoms with E-state index in [0.29, 0.717) is 0 Å². The van der Waals surface area contributed by atoms with Crippen LogP contribution in [0.4, 0.5) is 5.82 Å². The normalized spacial score (nSPS) is 9.00. The lowest BCUT2D eigenvalue weighted by atomic mass is 10.6. The minimum absolute atomic E-state index is 0.0556. The Morgan fingerprint density at radius 1 is 1.75 bits per heavy atom. The Balaban J connectivity index is 3.35. The average molecular weight is 112 g/mol. The van der Waals surface area contributed by atoms with Crippen molar-refractivity contribution in [2.75, 3.05) is 5.73 Å². The van der Waals surface area contributed by atoms with Gasteiger partial charge < -0.3 is 5.73 Å². The van der Waals surface area contributed by atoms with Gasteiger partial charge in [-0.05, 0) is 0 Å². The van der Waals surface area contributed by atoms with Crippen LogP contribution in [0.3, 0.4) is 0 Å². The second-order valence-corrected chi connectivity index (χ2v) is 1.22. The lowest BCUT2D eigenvalue weighted by Gasteiger charge is -1.82. The predicted octanol–water partition coefficient (Wildman–Crippen LogP) is -1.25. The fraction of sp³-hybridized carbons (Fsp3) is 0. The first-order valence-corrected chi connectivity index (χ1v) is 1.96. The van der Waals surface area contributed by atoms with Gasteiger partial charge in [0.05, 0.1) is 0 Å². The Morgan fingerprint density at radius 3 is 2.88 bits per heavy atom. The Labute approximate surface area is 44.5 Å². The molecule has 0 saturated heterocycles. The summed E-state index contributed by atoms with van der Waals surface area (Å²) < 4.78 is 0. The van der Waals surface area contributed by atoms with Crippen molar-refractivity contribution >= 4 is 5.82 Å². The van der Waals surface area contributed by atoms with Crippen LogP contribution in [-0.2, 0) is 0 Å². The van der Waals surface area contributed by atoms with Crippen LogP contribution in [0.5, 0.6) is 0 Å². The maximum Gasteiger partial charge on any atom is 0.242 e. The topological polar surface area (TPSA) is 84.7 Å². The predicted molar refractivity (Wildman–Crippen MR) is 27.1 cm³/mol. The second kappa shape index (κ2) is 1.61. The molecule has 1 heterocycles. The van der Waals surface area contributed by atoms with Crippen LogP contribution < -0.4 is 11.2 Å². The Bertz CT molecular complexity index is 229. The van der Waals surface area contributed by atoms with Crippen molar-refractivity contribution in [2.45, 2.75) is 0 Å². The Hall–Kier alpha value is -1.39. The number of aromatic nitrogens is 3. The maximum atomic E-state index is 10.3. The van der Waals surface area contributed by atoms with Gasteiger partial charge in [0.1, 0.15) is 6.20 Å². The minimum atomic E-state index is -0.358. The average Bonchev–Trinajstić information content (AvgIpc) is 1.77. The molecule has 1 aromatic rings. The van der Waals surface area contributed by atoms with Crippen molar-refractivity contribution < 1.29 is 0 Å². The summed E-state index contributed by atoms with van der Waals surface area (Å²) in [5.74, 6) is -0.0556. The molecule has 5 nitrogen and oxygen atoms in total. The molecule has 0 spiro atoms. The molecule has 1 rings (SSSR count). The van der Waals surface area contributed by atoms with Crippen LogP contribution in [0.25, 0.3) is 0 Å². The molecule has 0 aromatic carbocycles. The van der Waals surface area contributed by atoms with E-state index in [2.05, 4.69) is 15.4 Å².